The summed E-state index contributed by atoms with van der Waals surface area (Å²) in [4.78, 5) is 23.6. The molecular weight excluding hydrogens is 344 g/mol. The van der Waals surface area contributed by atoms with E-state index in [2.05, 4.69) is 20.2 Å². The first-order chi connectivity index (χ1) is 13.3. The van der Waals surface area contributed by atoms with Gasteiger partial charge in [0.05, 0.1) is 12.3 Å². The zero-order valence-corrected chi connectivity index (χ0v) is 15.6. The van der Waals surface area contributed by atoms with Crippen molar-refractivity contribution in [3.8, 4) is 5.88 Å². The van der Waals surface area contributed by atoms with Crippen molar-refractivity contribution in [2.75, 3.05) is 33.4 Å². The maximum atomic E-state index is 12.7. The van der Waals surface area contributed by atoms with Crippen LogP contribution in [0.15, 0.2) is 42.7 Å². The van der Waals surface area contributed by atoms with Gasteiger partial charge in [0.2, 0.25) is 5.88 Å². The molecule has 0 saturated carbocycles. The fourth-order valence-electron chi connectivity index (χ4n) is 3.12. The van der Waals surface area contributed by atoms with Crippen LogP contribution >= 0.6 is 0 Å². The van der Waals surface area contributed by atoms with E-state index in [1.165, 1.54) is 0 Å². The molecule has 144 valence electrons. The smallest absolute Gasteiger partial charge is 0.256 e. The average molecular weight is 370 g/mol. The van der Waals surface area contributed by atoms with Crippen LogP contribution in [-0.2, 0) is 11.3 Å². The number of hydrogen-bond donors (Lipinski definition) is 1. The van der Waals surface area contributed by atoms with Gasteiger partial charge in [0.1, 0.15) is 12.2 Å². The van der Waals surface area contributed by atoms with Crippen LogP contribution in [0.3, 0.4) is 0 Å². The Morgan fingerprint density at radius 3 is 2.70 bits per heavy atom. The lowest BCUT2D eigenvalue weighted by molar-refractivity contribution is 0.0899. The number of ether oxygens (including phenoxy) is 2. The molecule has 7 heteroatoms. The number of carbonyl (C=O) groups is 1. The fourth-order valence-corrected chi connectivity index (χ4v) is 3.12. The lowest BCUT2D eigenvalue weighted by atomic mass is 10.0. The lowest BCUT2D eigenvalue weighted by Gasteiger charge is -2.32. The predicted octanol–water partition coefficient (Wildman–Crippen LogP) is 1.90. The van der Waals surface area contributed by atoms with E-state index < -0.39 is 0 Å². The van der Waals surface area contributed by atoms with E-state index in [9.17, 15) is 4.79 Å². The van der Waals surface area contributed by atoms with Crippen molar-refractivity contribution in [1.29, 1.82) is 0 Å². The molecule has 3 heterocycles. The average Bonchev–Trinajstić information content (AvgIpc) is 2.71. The van der Waals surface area contributed by atoms with Gasteiger partial charge >= 0.3 is 0 Å². The third kappa shape index (κ3) is 5.74. The SMILES string of the molecule is COCCOc1ncccc1C(=O)NC1CCN(Cc2ccccn2)CC1. The second kappa shape index (κ2) is 9.99. The van der Waals surface area contributed by atoms with Gasteiger partial charge in [0.15, 0.2) is 0 Å². The molecule has 0 spiro atoms. The zero-order chi connectivity index (χ0) is 18.9. The number of amides is 1. The van der Waals surface area contributed by atoms with Gasteiger partial charge in [-0.05, 0) is 37.1 Å². The van der Waals surface area contributed by atoms with E-state index in [1.54, 1.807) is 25.4 Å². The van der Waals surface area contributed by atoms with Crippen LogP contribution < -0.4 is 10.1 Å². The molecule has 0 radical (unpaired) electrons. The molecule has 1 amide bonds. The van der Waals surface area contributed by atoms with Crippen LogP contribution in [0.1, 0.15) is 28.9 Å². The van der Waals surface area contributed by atoms with Crippen LogP contribution in [0.5, 0.6) is 5.88 Å². The van der Waals surface area contributed by atoms with Gasteiger partial charge in [0, 0.05) is 45.2 Å². The van der Waals surface area contributed by atoms with E-state index in [4.69, 9.17) is 9.47 Å². The highest BCUT2D eigenvalue weighted by molar-refractivity contribution is 5.96. The van der Waals surface area contributed by atoms with Crippen LogP contribution in [0.4, 0.5) is 0 Å². The summed E-state index contributed by atoms with van der Waals surface area (Å²) in [6.07, 6.45) is 5.27. The van der Waals surface area contributed by atoms with Gasteiger partial charge in [-0.1, -0.05) is 6.07 Å². The van der Waals surface area contributed by atoms with Gasteiger partial charge in [-0.2, -0.15) is 0 Å². The summed E-state index contributed by atoms with van der Waals surface area (Å²) in [5.41, 5.74) is 1.54. The van der Waals surface area contributed by atoms with Gasteiger partial charge < -0.3 is 14.8 Å². The van der Waals surface area contributed by atoms with Crippen molar-refractivity contribution in [1.82, 2.24) is 20.2 Å². The Bertz CT molecular complexity index is 718. The summed E-state index contributed by atoms with van der Waals surface area (Å²) in [6, 6.07) is 9.62. The fraction of sp³-hybridized carbons (Fsp3) is 0.450. The number of piperidine rings is 1. The molecule has 1 aliphatic rings. The summed E-state index contributed by atoms with van der Waals surface area (Å²) >= 11 is 0. The molecule has 7 nitrogen and oxygen atoms in total. The van der Waals surface area contributed by atoms with Gasteiger partial charge in [-0.25, -0.2) is 4.98 Å². The van der Waals surface area contributed by atoms with Crippen molar-refractivity contribution in [3.63, 3.8) is 0 Å². The van der Waals surface area contributed by atoms with Gasteiger partial charge in [0.25, 0.3) is 5.91 Å². The normalized spacial score (nSPS) is 15.4. The number of carbonyl (C=O) groups excluding carboxylic acids is 1. The third-order valence-electron chi connectivity index (χ3n) is 4.58. The largest absolute Gasteiger partial charge is 0.475 e. The molecule has 1 aliphatic heterocycles. The monoisotopic (exact) mass is 370 g/mol. The minimum absolute atomic E-state index is 0.140. The number of likely N-dealkylation sites (tertiary alicyclic amines) is 1. The topological polar surface area (TPSA) is 76.6 Å². The van der Waals surface area contributed by atoms with E-state index in [-0.39, 0.29) is 11.9 Å². The highest BCUT2D eigenvalue weighted by Crippen LogP contribution is 2.17. The first-order valence-corrected chi connectivity index (χ1v) is 9.26. The summed E-state index contributed by atoms with van der Waals surface area (Å²) in [5, 5.41) is 3.12. The Labute approximate surface area is 159 Å². The second-order valence-corrected chi connectivity index (χ2v) is 6.54. The second-order valence-electron chi connectivity index (χ2n) is 6.54. The van der Waals surface area contributed by atoms with Crippen LogP contribution in [0, 0.1) is 0 Å². The van der Waals surface area contributed by atoms with Crippen LogP contribution in [0.2, 0.25) is 0 Å². The van der Waals surface area contributed by atoms with E-state index in [0.717, 1.165) is 38.2 Å². The molecule has 0 atom stereocenters. The Morgan fingerprint density at radius 1 is 1.15 bits per heavy atom. The zero-order valence-electron chi connectivity index (χ0n) is 15.6. The Kier molecular flexibility index (Phi) is 7.12. The van der Waals surface area contributed by atoms with Crippen molar-refractivity contribution in [2.24, 2.45) is 0 Å². The molecule has 0 bridgehead atoms. The standard InChI is InChI=1S/C20H26N4O3/c1-26-13-14-27-20-18(6-4-10-22-20)19(25)23-16-7-11-24(12-8-16)15-17-5-2-3-9-21-17/h2-6,9-10,16H,7-8,11-15H2,1H3,(H,23,25). The molecule has 27 heavy (non-hydrogen) atoms. The first kappa shape index (κ1) is 19.3. The Balaban J connectivity index is 1.49. The van der Waals surface area contributed by atoms with Gasteiger partial charge in [-0.15, -0.1) is 0 Å². The maximum absolute atomic E-state index is 12.7. The first-order valence-electron chi connectivity index (χ1n) is 9.26. The number of nitrogens with one attached hydrogen (secondary N) is 1. The predicted molar refractivity (Wildman–Crippen MR) is 102 cm³/mol. The molecule has 1 fully saturated rings. The van der Waals surface area contributed by atoms with Gasteiger partial charge in [-0.3, -0.25) is 14.7 Å². The van der Waals surface area contributed by atoms with Crippen molar-refractivity contribution in [2.45, 2.75) is 25.4 Å². The number of nitrogens with zero attached hydrogens (tertiary/aromatic N) is 3. The van der Waals surface area contributed by atoms with E-state index >= 15 is 0 Å². The number of hydrogen-bond acceptors (Lipinski definition) is 6. The summed E-state index contributed by atoms with van der Waals surface area (Å²) < 4.78 is 10.5. The molecule has 0 aliphatic carbocycles. The maximum Gasteiger partial charge on any atom is 0.256 e. The minimum atomic E-state index is -0.140. The quantitative estimate of drug-likeness (QED) is 0.715. The Morgan fingerprint density at radius 2 is 1.96 bits per heavy atom. The lowest BCUT2D eigenvalue weighted by Crippen LogP contribution is -2.44. The minimum Gasteiger partial charge on any atom is -0.475 e. The molecule has 3 rings (SSSR count). The molecule has 0 unspecified atom stereocenters. The van der Waals surface area contributed by atoms with Crippen LogP contribution in [0.25, 0.3) is 0 Å². The van der Waals surface area contributed by atoms with Crippen LogP contribution in [-0.4, -0.2) is 60.2 Å². The van der Waals surface area contributed by atoms with Crippen molar-refractivity contribution >= 4 is 5.91 Å². The third-order valence-corrected chi connectivity index (χ3v) is 4.58. The van der Waals surface area contributed by atoms with Crippen molar-refractivity contribution in [3.05, 3.63) is 54.0 Å². The molecule has 2 aromatic heterocycles. The van der Waals surface area contributed by atoms with E-state index in [1.807, 2.05) is 24.4 Å². The Hall–Kier alpha value is -2.51. The molecule has 2 aromatic rings. The number of aromatic nitrogens is 2. The van der Waals surface area contributed by atoms with Crippen molar-refractivity contribution < 1.29 is 14.3 Å². The molecular formula is C20H26N4O3. The summed E-state index contributed by atoms with van der Waals surface area (Å²) in [5.74, 6) is 0.207. The highest BCUT2D eigenvalue weighted by Gasteiger charge is 2.23. The number of rotatable bonds is 8. The molecule has 0 aromatic carbocycles. The van der Waals surface area contributed by atoms with E-state index in [0.29, 0.717) is 24.7 Å². The molecule has 1 saturated heterocycles. The highest BCUT2D eigenvalue weighted by atomic mass is 16.5. The number of pyridine rings is 2. The summed E-state index contributed by atoms with van der Waals surface area (Å²) in [6.45, 7) is 3.53. The number of methoxy groups -OCH3 is 1. The molecule has 1 N–H and O–H groups in total. The summed E-state index contributed by atoms with van der Waals surface area (Å²) in [7, 11) is 1.61.